The topological polar surface area (TPSA) is 212 Å². The van der Waals surface area contributed by atoms with Gasteiger partial charge in [0.15, 0.2) is 42.9 Å². The molecule has 0 saturated carbocycles. The molecule has 0 unspecified atom stereocenters. The zero-order chi connectivity index (χ0) is 41.9. The van der Waals surface area contributed by atoms with Gasteiger partial charge in [0.2, 0.25) is 6.29 Å². The van der Waals surface area contributed by atoms with E-state index in [0.717, 1.165) is 27.7 Å². The van der Waals surface area contributed by atoms with E-state index in [1.54, 1.807) is 54.6 Å². The van der Waals surface area contributed by atoms with Crippen molar-refractivity contribution < 1.29 is 80.9 Å². The Morgan fingerprint density at radius 2 is 0.862 bits per heavy atom. The molecule has 2 saturated heterocycles. The van der Waals surface area contributed by atoms with Crippen molar-refractivity contribution in [1.29, 1.82) is 0 Å². The van der Waals surface area contributed by atoms with E-state index in [9.17, 15) is 33.6 Å². The Labute approximate surface area is 332 Å². The standard InChI is InChI=1S/C41H42O17/c1-22-31(55-37(46)27-15-9-6-10-16-27)33(56-38(47)28-17-11-7-12-18-28)35(57-39(48)29-19-13-8-14-20-29)40(50-22)58-36-34(52-25(4)44)32(51-24(3)43)30(21-49-23(2)42)54-41(36)53-26(5)45/h6-20,22,30-36,40-41H,21H2,1-5H3/t22-,30+,31+,32-,33+,34-,35-,36+,40-,41+/m0/s1. The van der Waals surface area contributed by atoms with E-state index in [2.05, 4.69) is 0 Å². The summed E-state index contributed by atoms with van der Waals surface area (Å²) in [5, 5.41) is 0. The number of carbonyl (C=O) groups excluding carboxylic acids is 7. The predicted octanol–water partition coefficient (Wildman–Crippen LogP) is 3.51. The Morgan fingerprint density at radius 3 is 1.31 bits per heavy atom. The van der Waals surface area contributed by atoms with Crippen LogP contribution in [0.3, 0.4) is 0 Å². The molecule has 58 heavy (non-hydrogen) atoms. The van der Waals surface area contributed by atoms with Crippen molar-refractivity contribution in [2.75, 3.05) is 6.61 Å². The van der Waals surface area contributed by atoms with Crippen LogP contribution in [-0.4, -0.2) is 110 Å². The van der Waals surface area contributed by atoms with E-state index in [0.29, 0.717) is 0 Å². The molecule has 0 aromatic heterocycles. The quantitative estimate of drug-likeness (QED) is 0.179. The second-order valence-corrected chi connectivity index (χ2v) is 13.1. The fourth-order valence-electron chi connectivity index (χ4n) is 6.23. The van der Waals surface area contributed by atoms with Crippen molar-refractivity contribution in [1.82, 2.24) is 0 Å². The maximum atomic E-state index is 13.8. The Kier molecular flexibility index (Phi) is 14.7. The molecule has 5 rings (SSSR count). The minimum absolute atomic E-state index is 0.0608. The number of carbonyl (C=O) groups is 7. The summed E-state index contributed by atoms with van der Waals surface area (Å²) < 4.78 is 58.3. The van der Waals surface area contributed by atoms with Crippen molar-refractivity contribution in [3.63, 3.8) is 0 Å². The van der Waals surface area contributed by atoms with Gasteiger partial charge in [0, 0.05) is 27.7 Å². The van der Waals surface area contributed by atoms with E-state index >= 15 is 0 Å². The minimum atomic E-state index is -1.81. The van der Waals surface area contributed by atoms with Gasteiger partial charge in [-0.15, -0.1) is 0 Å². The first-order chi connectivity index (χ1) is 27.7. The van der Waals surface area contributed by atoms with Gasteiger partial charge >= 0.3 is 41.8 Å². The molecule has 3 aromatic rings. The molecule has 0 radical (unpaired) electrons. The van der Waals surface area contributed by atoms with E-state index in [4.69, 9.17) is 47.4 Å². The van der Waals surface area contributed by atoms with Gasteiger partial charge in [-0.2, -0.15) is 0 Å². The molecular weight excluding hydrogens is 764 g/mol. The number of esters is 7. The molecule has 3 aromatic carbocycles. The lowest BCUT2D eigenvalue weighted by atomic mass is 9.96. The number of hydrogen-bond acceptors (Lipinski definition) is 17. The summed E-state index contributed by atoms with van der Waals surface area (Å²) >= 11 is 0. The lowest BCUT2D eigenvalue weighted by Gasteiger charge is -2.48. The van der Waals surface area contributed by atoms with E-state index in [-0.39, 0.29) is 16.7 Å². The van der Waals surface area contributed by atoms with Crippen LogP contribution in [0.2, 0.25) is 0 Å². The molecular formula is C41H42O17. The first kappa shape index (κ1) is 43.0. The Bertz CT molecular complexity index is 1920. The molecule has 10 atom stereocenters. The molecule has 17 heteroatoms. The summed E-state index contributed by atoms with van der Waals surface area (Å²) in [4.78, 5) is 90.3. The van der Waals surface area contributed by atoms with Gasteiger partial charge in [0.1, 0.15) is 12.7 Å². The van der Waals surface area contributed by atoms with Gasteiger partial charge in [-0.1, -0.05) is 54.6 Å². The summed E-state index contributed by atoms with van der Waals surface area (Å²) in [6, 6.07) is 23.5. The third-order valence-electron chi connectivity index (χ3n) is 8.70. The van der Waals surface area contributed by atoms with Crippen LogP contribution < -0.4 is 0 Å². The van der Waals surface area contributed by atoms with Gasteiger partial charge in [0.05, 0.1) is 22.8 Å². The summed E-state index contributed by atoms with van der Waals surface area (Å²) in [5.41, 5.74) is 0.297. The van der Waals surface area contributed by atoms with Crippen molar-refractivity contribution in [2.45, 2.75) is 96.0 Å². The van der Waals surface area contributed by atoms with E-state index < -0.39 is 110 Å². The summed E-state index contributed by atoms with van der Waals surface area (Å²) in [6.45, 7) is 5.21. The average molecular weight is 807 g/mol. The molecule has 0 amide bonds. The molecule has 2 aliphatic rings. The minimum Gasteiger partial charge on any atom is -0.463 e. The number of rotatable bonds is 13. The van der Waals surface area contributed by atoms with Crippen molar-refractivity contribution in [3.8, 4) is 0 Å². The highest BCUT2D eigenvalue weighted by Gasteiger charge is 2.57. The lowest BCUT2D eigenvalue weighted by Crippen LogP contribution is -2.66. The fraction of sp³-hybridized carbons (Fsp3) is 0.390. The third kappa shape index (κ3) is 11.2. The SMILES string of the molecule is CC(=O)OC[C@H]1O[C@@H](OC(C)=O)[C@H](O[C@@H]2O[C@@H](C)[C@@H](OC(=O)c3ccccc3)[C@@H](OC(=O)c3ccccc3)[C@@H]2OC(=O)c2ccccc2)[C@@H](OC(C)=O)[C@H]1OC(C)=O. The molecule has 2 heterocycles. The van der Waals surface area contributed by atoms with E-state index in [1.807, 2.05) is 0 Å². The molecule has 2 fully saturated rings. The van der Waals surface area contributed by atoms with Gasteiger partial charge in [0.25, 0.3) is 0 Å². The Hall–Kier alpha value is -6.17. The highest BCUT2D eigenvalue weighted by molar-refractivity contribution is 5.91. The van der Waals surface area contributed by atoms with Crippen LogP contribution in [0.1, 0.15) is 65.7 Å². The lowest BCUT2D eigenvalue weighted by molar-refractivity contribution is -0.358. The van der Waals surface area contributed by atoms with Gasteiger partial charge in [-0.25, -0.2) is 14.4 Å². The number of hydrogen-bond donors (Lipinski definition) is 0. The van der Waals surface area contributed by atoms with Crippen LogP contribution in [0.5, 0.6) is 0 Å². The predicted molar refractivity (Wildman–Crippen MR) is 194 cm³/mol. The number of benzene rings is 3. The van der Waals surface area contributed by atoms with Crippen LogP contribution in [0.15, 0.2) is 91.0 Å². The Morgan fingerprint density at radius 1 is 0.448 bits per heavy atom. The van der Waals surface area contributed by atoms with Crippen molar-refractivity contribution >= 4 is 41.8 Å². The van der Waals surface area contributed by atoms with Crippen LogP contribution >= 0.6 is 0 Å². The second-order valence-electron chi connectivity index (χ2n) is 13.1. The summed E-state index contributed by atoms with van der Waals surface area (Å²) in [7, 11) is 0. The maximum Gasteiger partial charge on any atom is 0.338 e. The average Bonchev–Trinajstić information content (AvgIpc) is 3.19. The molecule has 0 spiro atoms. The monoisotopic (exact) mass is 806 g/mol. The first-order valence-electron chi connectivity index (χ1n) is 18.1. The highest BCUT2D eigenvalue weighted by Crippen LogP contribution is 2.36. The molecule has 2 aliphatic heterocycles. The Balaban J connectivity index is 1.61. The van der Waals surface area contributed by atoms with Gasteiger partial charge < -0.3 is 47.4 Å². The van der Waals surface area contributed by atoms with E-state index in [1.165, 1.54) is 43.3 Å². The fourth-order valence-corrected chi connectivity index (χ4v) is 6.23. The summed E-state index contributed by atoms with van der Waals surface area (Å²) in [5.74, 6) is -6.08. The molecule has 308 valence electrons. The third-order valence-corrected chi connectivity index (χ3v) is 8.70. The van der Waals surface area contributed by atoms with Crippen molar-refractivity contribution in [3.05, 3.63) is 108 Å². The van der Waals surface area contributed by atoms with Gasteiger partial charge in [-0.3, -0.25) is 19.2 Å². The zero-order valence-electron chi connectivity index (χ0n) is 32.1. The van der Waals surface area contributed by atoms with Crippen molar-refractivity contribution in [2.24, 2.45) is 0 Å². The normalized spacial score (nSPS) is 26.5. The van der Waals surface area contributed by atoms with Crippen LogP contribution in [0.4, 0.5) is 0 Å². The molecule has 17 nitrogen and oxygen atoms in total. The highest BCUT2D eigenvalue weighted by atomic mass is 16.8. The zero-order valence-corrected chi connectivity index (χ0v) is 32.1. The molecule has 0 N–H and O–H groups in total. The number of ether oxygens (including phenoxy) is 10. The van der Waals surface area contributed by atoms with Crippen LogP contribution in [-0.2, 0) is 66.5 Å². The molecule has 0 bridgehead atoms. The second kappa shape index (κ2) is 19.8. The van der Waals surface area contributed by atoms with Crippen LogP contribution in [0, 0.1) is 0 Å². The molecule has 0 aliphatic carbocycles. The maximum absolute atomic E-state index is 13.8. The summed E-state index contributed by atoms with van der Waals surface area (Å²) in [6.07, 6.45) is -16.0. The largest absolute Gasteiger partial charge is 0.463 e. The van der Waals surface area contributed by atoms with Crippen LogP contribution in [0.25, 0.3) is 0 Å². The van der Waals surface area contributed by atoms with Gasteiger partial charge in [-0.05, 0) is 43.3 Å². The first-order valence-corrected chi connectivity index (χ1v) is 18.1. The smallest absolute Gasteiger partial charge is 0.338 e.